The Labute approximate surface area is 132 Å². The van der Waals surface area contributed by atoms with Crippen molar-refractivity contribution in [2.24, 2.45) is 0 Å². The topological polar surface area (TPSA) is 99.3 Å². The van der Waals surface area contributed by atoms with Gasteiger partial charge in [-0.25, -0.2) is 0 Å². The van der Waals surface area contributed by atoms with Gasteiger partial charge >= 0.3 is 11.8 Å². The van der Waals surface area contributed by atoms with E-state index in [9.17, 15) is 14.4 Å². The normalized spacial score (nSPS) is 20.0. The zero-order chi connectivity index (χ0) is 17.0. The molecule has 22 heavy (non-hydrogen) atoms. The smallest absolute Gasteiger partial charge is 0.309 e. The van der Waals surface area contributed by atoms with Crippen LogP contribution in [0.4, 0.5) is 0 Å². The van der Waals surface area contributed by atoms with Crippen molar-refractivity contribution in [3.05, 3.63) is 0 Å². The fraction of sp³-hybridized carbons (Fsp3) is 0.800. The van der Waals surface area contributed by atoms with Crippen LogP contribution in [-0.4, -0.2) is 47.9 Å². The molecular weight excluding hydrogens is 284 g/mol. The molecule has 0 unspecified atom stereocenters. The minimum atomic E-state index is -0.667. The molecule has 0 atom stereocenters. The molecule has 1 rings (SSSR count). The Morgan fingerprint density at radius 1 is 0.955 bits per heavy atom. The van der Waals surface area contributed by atoms with Gasteiger partial charge in [0.1, 0.15) is 0 Å². The van der Waals surface area contributed by atoms with E-state index in [0.29, 0.717) is 6.54 Å². The molecule has 1 saturated heterocycles. The molecule has 126 valence electrons. The van der Waals surface area contributed by atoms with Crippen LogP contribution in [0.1, 0.15) is 47.5 Å². The van der Waals surface area contributed by atoms with Crippen molar-refractivity contribution in [2.45, 2.75) is 64.6 Å². The van der Waals surface area contributed by atoms with Gasteiger partial charge in [0.25, 0.3) is 0 Å². The second kappa shape index (κ2) is 7.09. The summed E-state index contributed by atoms with van der Waals surface area (Å²) in [6.45, 7) is 10.3. The molecule has 0 radical (unpaired) electrons. The molecular formula is C15H28N4O3. The fourth-order valence-electron chi connectivity index (χ4n) is 3.17. The van der Waals surface area contributed by atoms with Gasteiger partial charge in [0.2, 0.25) is 5.91 Å². The van der Waals surface area contributed by atoms with Crippen molar-refractivity contribution < 1.29 is 14.4 Å². The van der Waals surface area contributed by atoms with Crippen molar-refractivity contribution in [1.29, 1.82) is 0 Å². The molecule has 7 nitrogen and oxygen atoms in total. The van der Waals surface area contributed by atoms with Crippen molar-refractivity contribution in [2.75, 3.05) is 13.1 Å². The molecule has 0 aromatic carbocycles. The van der Waals surface area contributed by atoms with Crippen LogP contribution in [0.3, 0.4) is 0 Å². The average Bonchev–Trinajstić information content (AvgIpc) is 2.29. The molecule has 0 saturated carbocycles. The Morgan fingerprint density at radius 2 is 1.45 bits per heavy atom. The molecule has 4 N–H and O–H groups in total. The van der Waals surface area contributed by atoms with Gasteiger partial charge in [-0.05, 0) is 40.5 Å². The predicted octanol–water partition coefficient (Wildman–Crippen LogP) is -0.336. The molecule has 0 spiro atoms. The van der Waals surface area contributed by atoms with Gasteiger partial charge in [-0.1, -0.05) is 0 Å². The summed E-state index contributed by atoms with van der Waals surface area (Å²) in [7, 11) is 0. The van der Waals surface area contributed by atoms with Crippen molar-refractivity contribution in [3.8, 4) is 0 Å². The number of rotatable bonds is 4. The van der Waals surface area contributed by atoms with E-state index >= 15 is 0 Å². The highest BCUT2D eigenvalue weighted by Gasteiger charge is 2.38. The van der Waals surface area contributed by atoms with Gasteiger partial charge < -0.3 is 21.3 Å². The lowest BCUT2D eigenvalue weighted by Crippen LogP contribution is -2.62. The Kier molecular flexibility index (Phi) is 5.93. The number of piperidine rings is 1. The Bertz CT molecular complexity index is 430. The summed E-state index contributed by atoms with van der Waals surface area (Å²) < 4.78 is 0. The predicted molar refractivity (Wildman–Crippen MR) is 84.2 cm³/mol. The number of hydrogen-bond donors (Lipinski definition) is 4. The summed E-state index contributed by atoms with van der Waals surface area (Å²) in [5, 5.41) is 11.4. The molecule has 1 fully saturated rings. The van der Waals surface area contributed by atoms with Crippen LogP contribution in [-0.2, 0) is 14.4 Å². The van der Waals surface area contributed by atoms with Gasteiger partial charge in [0, 0.05) is 37.1 Å². The average molecular weight is 312 g/mol. The van der Waals surface area contributed by atoms with Gasteiger partial charge in [-0.2, -0.15) is 0 Å². The fourth-order valence-corrected chi connectivity index (χ4v) is 3.17. The van der Waals surface area contributed by atoms with E-state index in [4.69, 9.17) is 0 Å². The molecule has 1 aliphatic heterocycles. The summed E-state index contributed by atoms with van der Waals surface area (Å²) in [6, 6.07) is -0.0418. The lowest BCUT2D eigenvalue weighted by atomic mass is 9.79. The highest BCUT2D eigenvalue weighted by molar-refractivity contribution is 6.35. The van der Waals surface area contributed by atoms with Crippen LogP contribution in [0.15, 0.2) is 0 Å². The highest BCUT2D eigenvalue weighted by Crippen LogP contribution is 2.28. The molecule has 0 aliphatic carbocycles. The lowest BCUT2D eigenvalue weighted by Gasteiger charge is -2.46. The number of amides is 3. The number of nitrogens with one attached hydrogen (secondary N) is 4. The van der Waals surface area contributed by atoms with E-state index in [-0.39, 0.29) is 29.6 Å². The Morgan fingerprint density at radius 3 is 1.95 bits per heavy atom. The van der Waals surface area contributed by atoms with E-state index in [0.717, 1.165) is 12.8 Å². The third-order valence-electron chi connectivity index (χ3n) is 3.52. The summed E-state index contributed by atoms with van der Waals surface area (Å²) in [6.07, 6.45) is 1.53. The van der Waals surface area contributed by atoms with E-state index < -0.39 is 11.8 Å². The monoisotopic (exact) mass is 312 g/mol. The molecule has 1 heterocycles. The molecule has 0 bridgehead atoms. The van der Waals surface area contributed by atoms with E-state index in [1.165, 1.54) is 6.92 Å². The second-order valence-corrected chi connectivity index (χ2v) is 7.21. The SMILES string of the molecule is CC(=O)NCCNC(=O)C(=O)NC1CC(C)(C)NC(C)(C)C1. The van der Waals surface area contributed by atoms with E-state index in [1.807, 2.05) is 0 Å². The highest BCUT2D eigenvalue weighted by atomic mass is 16.2. The summed E-state index contributed by atoms with van der Waals surface area (Å²) in [5.74, 6) is -1.46. The summed E-state index contributed by atoms with van der Waals surface area (Å²) in [4.78, 5) is 34.4. The minimum Gasteiger partial charge on any atom is -0.355 e. The van der Waals surface area contributed by atoms with Crippen LogP contribution in [0.25, 0.3) is 0 Å². The first-order valence-corrected chi connectivity index (χ1v) is 7.63. The molecule has 1 aliphatic rings. The minimum absolute atomic E-state index is 0.0418. The number of carbonyl (C=O) groups is 3. The zero-order valence-corrected chi connectivity index (χ0v) is 14.1. The Hall–Kier alpha value is -1.63. The first-order valence-electron chi connectivity index (χ1n) is 7.63. The first-order chi connectivity index (χ1) is 10.0. The van der Waals surface area contributed by atoms with Crippen LogP contribution in [0, 0.1) is 0 Å². The third-order valence-corrected chi connectivity index (χ3v) is 3.52. The van der Waals surface area contributed by atoms with Crippen LogP contribution in [0.2, 0.25) is 0 Å². The van der Waals surface area contributed by atoms with Gasteiger partial charge in [0.05, 0.1) is 0 Å². The lowest BCUT2D eigenvalue weighted by molar-refractivity contribution is -0.140. The maximum atomic E-state index is 11.9. The molecule has 0 aromatic rings. The second-order valence-electron chi connectivity index (χ2n) is 7.21. The third kappa shape index (κ3) is 6.43. The summed E-state index contributed by atoms with van der Waals surface area (Å²) >= 11 is 0. The number of hydrogen-bond acceptors (Lipinski definition) is 4. The van der Waals surface area contributed by atoms with Gasteiger partial charge in [0.15, 0.2) is 0 Å². The van der Waals surface area contributed by atoms with Crippen LogP contribution < -0.4 is 21.3 Å². The van der Waals surface area contributed by atoms with Gasteiger partial charge in [-0.3, -0.25) is 14.4 Å². The largest absolute Gasteiger partial charge is 0.355 e. The maximum Gasteiger partial charge on any atom is 0.309 e. The summed E-state index contributed by atoms with van der Waals surface area (Å²) in [5.41, 5.74) is -0.191. The Balaban J connectivity index is 2.43. The molecule has 0 aromatic heterocycles. The van der Waals surface area contributed by atoms with Gasteiger partial charge in [-0.15, -0.1) is 0 Å². The molecule has 7 heteroatoms. The van der Waals surface area contributed by atoms with Crippen molar-refractivity contribution in [3.63, 3.8) is 0 Å². The van der Waals surface area contributed by atoms with Crippen molar-refractivity contribution in [1.82, 2.24) is 21.3 Å². The zero-order valence-electron chi connectivity index (χ0n) is 14.1. The van der Waals surface area contributed by atoms with Crippen LogP contribution in [0.5, 0.6) is 0 Å². The van der Waals surface area contributed by atoms with Crippen LogP contribution >= 0.6 is 0 Å². The van der Waals surface area contributed by atoms with Crippen molar-refractivity contribution >= 4 is 17.7 Å². The number of carbonyl (C=O) groups excluding carboxylic acids is 3. The standard InChI is InChI=1S/C15H28N4O3/c1-10(20)16-6-7-17-12(21)13(22)18-11-8-14(2,3)19-15(4,5)9-11/h11,19H,6-9H2,1-5H3,(H,16,20)(H,17,21)(H,18,22). The maximum absolute atomic E-state index is 11.9. The quantitative estimate of drug-likeness (QED) is 0.422. The van der Waals surface area contributed by atoms with E-state index in [2.05, 4.69) is 49.0 Å². The molecule has 3 amide bonds. The first kappa shape index (κ1) is 18.4. The van der Waals surface area contributed by atoms with E-state index in [1.54, 1.807) is 0 Å².